The third-order valence-corrected chi connectivity index (χ3v) is 7.83. The molecule has 0 bridgehead atoms. The molecule has 0 aliphatic carbocycles. The van der Waals surface area contributed by atoms with Gasteiger partial charge in [0.05, 0.1) is 17.8 Å². The fourth-order valence-electron chi connectivity index (χ4n) is 5.44. The molecule has 1 aliphatic rings. The molecule has 0 radical (unpaired) electrons. The molecule has 1 N–H and O–H groups in total. The lowest BCUT2D eigenvalue weighted by molar-refractivity contribution is 0.274. The van der Waals surface area contributed by atoms with Crippen LogP contribution in [0.1, 0.15) is 57.6 Å². The zero-order valence-corrected chi connectivity index (χ0v) is 25.8. The van der Waals surface area contributed by atoms with Crippen LogP contribution in [-0.2, 0) is 0 Å². The molecule has 0 saturated carbocycles. The maximum absolute atomic E-state index is 6.35. The number of anilines is 4. The molecule has 1 aromatic heterocycles. The molecule has 0 saturated heterocycles. The van der Waals surface area contributed by atoms with Crippen molar-refractivity contribution in [1.29, 1.82) is 0 Å². The number of rotatable bonds is 10. The zero-order chi connectivity index (χ0) is 29.8. The summed E-state index contributed by atoms with van der Waals surface area (Å²) < 4.78 is 12.6. The molecule has 7 nitrogen and oxygen atoms in total. The zero-order valence-electron chi connectivity index (χ0n) is 25.8. The second-order valence-electron chi connectivity index (χ2n) is 11.7. The maximum atomic E-state index is 6.35. The number of hydrogen-bond donors (Lipinski definition) is 1. The SMILES string of the molecule is C=CN(C)c1ccc(Oc2ccc(Nc3ncnc4cc5c(cc34)N(CCCC)CC(C)CO5)cc2C)cc1C(C)C. The van der Waals surface area contributed by atoms with Crippen LogP contribution in [0.3, 0.4) is 0 Å². The Morgan fingerprint density at radius 1 is 1.17 bits per heavy atom. The van der Waals surface area contributed by atoms with E-state index in [4.69, 9.17) is 9.47 Å². The highest BCUT2D eigenvalue weighted by molar-refractivity contribution is 5.95. The van der Waals surface area contributed by atoms with Gasteiger partial charge in [-0.3, -0.25) is 0 Å². The first-order valence-corrected chi connectivity index (χ1v) is 15.0. The molecule has 1 aliphatic heterocycles. The van der Waals surface area contributed by atoms with E-state index >= 15 is 0 Å². The Hall–Kier alpha value is -4.26. The minimum atomic E-state index is 0.352. The van der Waals surface area contributed by atoms with E-state index in [1.54, 1.807) is 6.33 Å². The molecule has 4 aromatic rings. The summed E-state index contributed by atoms with van der Waals surface area (Å²) in [5.74, 6) is 4.10. The van der Waals surface area contributed by atoms with E-state index in [0.717, 1.165) is 82.5 Å². The standard InChI is InChI=1S/C35H43N5O2/c1-8-10-15-40-20-24(5)21-41-34-19-30-29(18-32(34)40)35(37-22-36-30)38-26-11-14-33(25(6)16-26)42-27-12-13-31(39(7)9-2)28(17-27)23(3)4/h9,11-14,16-19,22-24H,2,8,10,15,20-21H2,1,3-7H3,(H,36,37,38). The van der Waals surface area contributed by atoms with Crippen molar-refractivity contribution in [2.24, 2.45) is 5.92 Å². The fraction of sp³-hybridized carbons (Fsp3) is 0.371. The van der Waals surface area contributed by atoms with Crippen LogP contribution in [0.2, 0.25) is 0 Å². The van der Waals surface area contributed by atoms with Crippen molar-refractivity contribution in [3.05, 3.63) is 78.8 Å². The molecular formula is C35H43N5O2. The second kappa shape index (κ2) is 12.7. The molecule has 42 heavy (non-hydrogen) atoms. The van der Waals surface area contributed by atoms with Crippen molar-refractivity contribution in [2.45, 2.75) is 53.4 Å². The fourth-order valence-corrected chi connectivity index (χ4v) is 5.44. The molecule has 0 spiro atoms. The van der Waals surface area contributed by atoms with Crippen molar-refractivity contribution in [3.8, 4) is 17.2 Å². The van der Waals surface area contributed by atoms with E-state index in [-0.39, 0.29) is 0 Å². The smallest absolute Gasteiger partial charge is 0.144 e. The quantitative estimate of drug-likeness (QED) is 0.206. The average Bonchev–Trinajstić information content (AvgIpc) is 3.13. The number of nitrogens with zero attached hydrogens (tertiary/aromatic N) is 4. The molecule has 7 heteroatoms. The van der Waals surface area contributed by atoms with Gasteiger partial charge in [-0.1, -0.05) is 40.7 Å². The summed E-state index contributed by atoms with van der Waals surface area (Å²) in [5.41, 5.74) is 6.29. The average molecular weight is 566 g/mol. The van der Waals surface area contributed by atoms with Crippen LogP contribution in [0.25, 0.3) is 10.9 Å². The summed E-state index contributed by atoms with van der Waals surface area (Å²) in [4.78, 5) is 13.7. The first kappa shape index (κ1) is 29.2. The van der Waals surface area contributed by atoms with Gasteiger partial charge < -0.3 is 24.6 Å². The topological polar surface area (TPSA) is 62.8 Å². The van der Waals surface area contributed by atoms with Crippen molar-refractivity contribution in [3.63, 3.8) is 0 Å². The van der Waals surface area contributed by atoms with E-state index in [1.165, 1.54) is 5.56 Å². The number of aromatic nitrogens is 2. The Bertz CT molecular complexity index is 1570. The monoisotopic (exact) mass is 565 g/mol. The normalized spacial score (nSPS) is 14.7. The predicted molar refractivity (Wildman–Crippen MR) is 175 cm³/mol. The highest BCUT2D eigenvalue weighted by Gasteiger charge is 2.22. The summed E-state index contributed by atoms with van der Waals surface area (Å²) >= 11 is 0. The van der Waals surface area contributed by atoms with Gasteiger partial charge in [-0.05, 0) is 79.1 Å². The number of hydrogen-bond acceptors (Lipinski definition) is 7. The number of aryl methyl sites for hydroxylation is 1. The minimum Gasteiger partial charge on any atom is -0.491 e. The first-order chi connectivity index (χ1) is 20.3. The van der Waals surface area contributed by atoms with Crippen LogP contribution in [0.4, 0.5) is 22.9 Å². The third kappa shape index (κ3) is 6.30. The summed E-state index contributed by atoms with van der Waals surface area (Å²) in [6.07, 6.45) is 5.73. The lowest BCUT2D eigenvalue weighted by Gasteiger charge is -2.25. The Morgan fingerprint density at radius 3 is 2.74 bits per heavy atom. The Balaban J connectivity index is 1.41. The van der Waals surface area contributed by atoms with Gasteiger partial charge in [0.2, 0.25) is 0 Å². The first-order valence-electron chi connectivity index (χ1n) is 15.0. The van der Waals surface area contributed by atoms with Gasteiger partial charge in [0.1, 0.15) is 29.4 Å². The Kier molecular flexibility index (Phi) is 8.86. The van der Waals surface area contributed by atoms with E-state index < -0.39 is 0 Å². The molecule has 1 atom stereocenters. The number of ether oxygens (including phenoxy) is 2. The molecule has 5 rings (SSSR count). The van der Waals surface area contributed by atoms with Gasteiger partial charge in [-0.2, -0.15) is 0 Å². The number of nitrogens with one attached hydrogen (secondary N) is 1. The van der Waals surface area contributed by atoms with Crippen LogP contribution in [0, 0.1) is 12.8 Å². The van der Waals surface area contributed by atoms with Crippen molar-refractivity contribution < 1.29 is 9.47 Å². The largest absolute Gasteiger partial charge is 0.491 e. The van der Waals surface area contributed by atoms with Gasteiger partial charge in [-0.25, -0.2) is 9.97 Å². The van der Waals surface area contributed by atoms with Gasteiger partial charge in [0, 0.05) is 48.9 Å². The Morgan fingerprint density at radius 2 is 2.00 bits per heavy atom. The molecule has 0 amide bonds. The van der Waals surface area contributed by atoms with Gasteiger partial charge >= 0.3 is 0 Å². The minimum absolute atomic E-state index is 0.352. The number of unbranched alkanes of at least 4 members (excludes halogenated alkanes) is 1. The van der Waals surface area contributed by atoms with Gasteiger partial charge in [0.25, 0.3) is 0 Å². The number of benzene rings is 3. The van der Waals surface area contributed by atoms with Crippen LogP contribution in [-0.4, -0.2) is 36.7 Å². The summed E-state index contributed by atoms with van der Waals surface area (Å²) in [6.45, 7) is 17.5. The molecule has 220 valence electrons. The van der Waals surface area contributed by atoms with Gasteiger partial charge in [0.15, 0.2) is 0 Å². The van der Waals surface area contributed by atoms with Gasteiger partial charge in [-0.15, -0.1) is 0 Å². The molecule has 1 unspecified atom stereocenters. The Labute approximate surface area is 250 Å². The highest BCUT2D eigenvalue weighted by Crippen LogP contribution is 2.39. The van der Waals surface area contributed by atoms with Crippen LogP contribution >= 0.6 is 0 Å². The lowest BCUT2D eigenvalue weighted by atomic mass is 10.00. The summed E-state index contributed by atoms with van der Waals surface area (Å²) in [6, 6.07) is 16.6. The van der Waals surface area contributed by atoms with Crippen molar-refractivity contribution in [2.75, 3.05) is 41.9 Å². The molecule has 2 heterocycles. The van der Waals surface area contributed by atoms with E-state index in [9.17, 15) is 0 Å². The lowest BCUT2D eigenvalue weighted by Crippen LogP contribution is -2.29. The maximum Gasteiger partial charge on any atom is 0.144 e. The van der Waals surface area contributed by atoms with Crippen LogP contribution in [0.5, 0.6) is 17.2 Å². The molecular weight excluding hydrogens is 522 g/mol. The molecule has 3 aromatic carbocycles. The second-order valence-corrected chi connectivity index (χ2v) is 11.7. The van der Waals surface area contributed by atoms with E-state index in [2.05, 4.69) is 91.7 Å². The third-order valence-electron chi connectivity index (χ3n) is 7.83. The van der Waals surface area contributed by atoms with Crippen molar-refractivity contribution in [1.82, 2.24) is 9.97 Å². The predicted octanol–water partition coefficient (Wildman–Crippen LogP) is 8.81. The number of fused-ring (bicyclic) bond motifs is 2. The van der Waals surface area contributed by atoms with Crippen molar-refractivity contribution >= 4 is 33.8 Å². The highest BCUT2D eigenvalue weighted by atomic mass is 16.5. The molecule has 0 fully saturated rings. The van der Waals surface area contributed by atoms with Crippen LogP contribution in [0.15, 0.2) is 67.6 Å². The van der Waals surface area contributed by atoms with E-state index in [0.29, 0.717) is 18.4 Å². The van der Waals surface area contributed by atoms with E-state index in [1.807, 2.05) is 36.3 Å². The summed E-state index contributed by atoms with van der Waals surface area (Å²) in [5, 5.41) is 4.51. The summed E-state index contributed by atoms with van der Waals surface area (Å²) in [7, 11) is 2.01. The van der Waals surface area contributed by atoms with Crippen LogP contribution < -0.4 is 24.6 Å².